The lowest BCUT2D eigenvalue weighted by atomic mass is 9.79. The summed E-state index contributed by atoms with van der Waals surface area (Å²) >= 11 is 3.61. The topological polar surface area (TPSA) is 81.7 Å². The molecule has 2 aliphatic carbocycles. The molecule has 1 aromatic rings. The lowest BCUT2D eigenvalue weighted by molar-refractivity contribution is -0.145. The molecular weight excluding hydrogens is 414 g/mol. The molecule has 6 atom stereocenters. The molecule has 4 rings (SSSR count). The number of unbranched alkanes of at least 4 members (excludes halogenated alkanes) is 1. The molecule has 0 spiro atoms. The Labute approximate surface area is 166 Å². The number of rotatable bonds is 6. The Kier molecular flexibility index (Phi) is 4.97. The molecule has 3 aliphatic rings. The largest absolute Gasteiger partial charge is 0.462 e. The summed E-state index contributed by atoms with van der Waals surface area (Å²) in [7, 11) is 0. The third-order valence-electron chi connectivity index (χ3n) is 5.94. The maximum absolute atomic E-state index is 12.8. The first-order valence-electron chi connectivity index (χ1n) is 9.44. The van der Waals surface area contributed by atoms with Crippen LogP contribution in [0.5, 0.6) is 0 Å². The maximum Gasteiger partial charge on any atom is 0.338 e. The van der Waals surface area contributed by atoms with Gasteiger partial charge in [-0.1, -0.05) is 29.3 Å². The fourth-order valence-electron chi connectivity index (χ4n) is 4.64. The van der Waals surface area contributed by atoms with Crippen molar-refractivity contribution in [2.24, 2.45) is 23.7 Å². The molecule has 0 unspecified atom stereocenters. The van der Waals surface area contributed by atoms with Crippen LogP contribution in [0.25, 0.3) is 0 Å². The van der Waals surface area contributed by atoms with Crippen LogP contribution in [0.15, 0.2) is 24.3 Å². The highest BCUT2D eigenvalue weighted by Crippen LogP contribution is 2.60. The van der Waals surface area contributed by atoms with E-state index < -0.39 is 0 Å². The second kappa shape index (κ2) is 7.26. The number of hydrogen-bond acceptors (Lipinski definition) is 5. The minimum Gasteiger partial charge on any atom is -0.462 e. The summed E-state index contributed by atoms with van der Waals surface area (Å²) in [6.07, 6.45) is 2.56. The number of ether oxygens (including phenoxy) is 2. The molecule has 1 aliphatic heterocycles. The van der Waals surface area contributed by atoms with Crippen molar-refractivity contribution < 1.29 is 23.9 Å². The third kappa shape index (κ3) is 3.16. The predicted octanol–water partition coefficient (Wildman–Crippen LogP) is 3.15. The molecule has 2 bridgehead atoms. The van der Waals surface area contributed by atoms with Crippen molar-refractivity contribution in [1.82, 2.24) is 0 Å². The van der Waals surface area contributed by atoms with Gasteiger partial charge in [0.05, 0.1) is 28.8 Å². The van der Waals surface area contributed by atoms with E-state index in [2.05, 4.69) is 21.2 Å². The van der Waals surface area contributed by atoms with Crippen LogP contribution in [0.2, 0.25) is 0 Å². The van der Waals surface area contributed by atoms with E-state index in [1.165, 1.54) is 0 Å². The van der Waals surface area contributed by atoms with Crippen molar-refractivity contribution in [3.8, 4) is 0 Å². The normalized spacial score (nSPS) is 33.0. The van der Waals surface area contributed by atoms with Crippen LogP contribution in [0.3, 0.4) is 0 Å². The number of amides is 1. The van der Waals surface area contributed by atoms with Crippen molar-refractivity contribution in [1.29, 1.82) is 0 Å². The fourth-order valence-corrected chi connectivity index (χ4v) is 5.68. The van der Waals surface area contributed by atoms with Gasteiger partial charge in [0, 0.05) is 11.6 Å². The van der Waals surface area contributed by atoms with Crippen molar-refractivity contribution in [2.45, 2.75) is 37.1 Å². The summed E-state index contributed by atoms with van der Waals surface area (Å²) in [4.78, 5) is 37.0. The Morgan fingerprint density at radius 3 is 2.70 bits per heavy atom. The molecule has 6 nitrogen and oxygen atoms in total. The highest BCUT2D eigenvalue weighted by atomic mass is 79.9. The van der Waals surface area contributed by atoms with E-state index in [0.717, 1.165) is 19.3 Å². The van der Waals surface area contributed by atoms with E-state index in [1.807, 2.05) is 6.92 Å². The monoisotopic (exact) mass is 435 g/mol. The van der Waals surface area contributed by atoms with Gasteiger partial charge in [-0.2, -0.15) is 0 Å². The Morgan fingerprint density at radius 1 is 1.26 bits per heavy atom. The van der Waals surface area contributed by atoms with Crippen molar-refractivity contribution >= 4 is 39.5 Å². The van der Waals surface area contributed by atoms with Crippen LogP contribution >= 0.6 is 15.9 Å². The summed E-state index contributed by atoms with van der Waals surface area (Å²) in [5.74, 6) is -1.22. The smallest absolute Gasteiger partial charge is 0.338 e. The van der Waals surface area contributed by atoms with Gasteiger partial charge in [0.2, 0.25) is 5.91 Å². The molecule has 0 aromatic heterocycles. The van der Waals surface area contributed by atoms with Crippen molar-refractivity contribution in [3.05, 3.63) is 29.8 Å². The summed E-state index contributed by atoms with van der Waals surface area (Å²) in [6, 6.07) is 6.64. The zero-order valence-electron chi connectivity index (χ0n) is 15.0. The Hall–Kier alpha value is -1.89. The highest BCUT2D eigenvalue weighted by Gasteiger charge is 2.67. The Morgan fingerprint density at radius 2 is 2.00 bits per heavy atom. The first-order valence-corrected chi connectivity index (χ1v) is 10.4. The number of carbonyl (C=O) groups excluding carboxylic acids is 3. The maximum atomic E-state index is 12.8. The van der Waals surface area contributed by atoms with Gasteiger partial charge in [-0.05, 0) is 43.0 Å². The number of alkyl halides is 1. The molecule has 1 saturated heterocycles. The van der Waals surface area contributed by atoms with Gasteiger partial charge in [0.25, 0.3) is 0 Å². The lowest BCUT2D eigenvalue weighted by Gasteiger charge is -2.27. The number of anilines is 1. The molecule has 1 aromatic carbocycles. The standard InChI is InChI=1S/C20H22BrNO5/c1-2-3-8-26-19(24)10-4-6-11(7-5-10)22-18(23)14-12-9-13-15(14)20(25)27-17(13)16(12)21/h4-7,12-17H,2-3,8-9H2,1H3,(H,22,23)/t12-,13-,14-,15+,16+,17+/m1/s1. The zero-order chi connectivity index (χ0) is 19.1. The van der Waals surface area contributed by atoms with Crippen LogP contribution in [0, 0.1) is 23.7 Å². The van der Waals surface area contributed by atoms with Crippen molar-refractivity contribution in [2.75, 3.05) is 11.9 Å². The molecule has 2 saturated carbocycles. The molecule has 7 heteroatoms. The van der Waals surface area contributed by atoms with Crippen LogP contribution in [0.4, 0.5) is 5.69 Å². The SMILES string of the molecule is CCCCOC(=O)c1ccc(NC(=O)[C@@H]2[C@H]3C[C@H]4[C@H](OC(=O)[C@@H]42)[C@H]3Br)cc1. The summed E-state index contributed by atoms with van der Waals surface area (Å²) in [6.45, 7) is 2.44. The van der Waals surface area contributed by atoms with Gasteiger partial charge in [0.1, 0.15) is 6.10 Å². The second-order valence-corrected chi connectivity index (χ2v) is 8.57. The van der Waals surface area contributed by atoms with Crippen molar-refractivity contribution in [3.63, 3.8) is 0 Å². The number of esters is 2. The average Bonchev–Trinajstić information content (AvgIpc) is 3.26. The molecule has 1 amide bonds. The number of carbonyl (C=O) groups is 3. The summed E-state index contributed by atoms with van der Waals surface area (Å²) < 4.78 is 10.6. The van der Waals surface area contributed by atoms with Crippen LogP contribution in [-0.2, 0) is 19.1 Å². The molecule has 0 radical (unpaired) electrons. The van der Waals surface area contributed by atoms with Gasteiger partial charge < -0.3 is 14.8 Å². The highest BCUT2D eigenvalue weighted by molar-refractivity contribution is 9.09. The van der Waals surface area contributed by atoms with Crippen LogP contribution in [0.1, 0.15) is 36.5 Å². The molecule has 3 fully saturated rings. The summed E-state index contributed by atoms with van der Waals surface area (Å²) in [5.41, 5.74) is 1.05. The second-order valence-electron chi connectivity index (χ2n) is 7.52. The van der Waals surface area contributed by atoms with Gasteiger partial charge in [-0.3, -0.25) is 9.59 Å². The third-order valence-corrected chi connectivity index (χ3v) is 7.15. The van der Waals surface area contributed by atoms with Crippen LogP contribution in [-0.4, -0.2) is 35.4 Å². The average molecular weight is 436 g/mol. The first kappa shape index (κ1) is 18.5. The fraction of sp³-hybridized carbons (Fsp3) is 0.550. The molecular formula is C20H22BrNO5. The van der Waals surface area contributed by atoms with Gasteiger partial charge in [-0.25, -0.2) is 4.79 Å². The molecule has 27 heavy (non-hydrogen) atoms. The summed E-state index contributed by atoms with van der Waals surface area (Å²) in [5, 5.41) is 2.89. The van der Waals surface area contributed by atoms with E-state index in [0.29, 0.717) is 17.9 Å². The van der Waals surface area contributed by atoms with E-state index in [-0.39, 0.29) is 52.4 Å². The van der Waals surface area contributed by atoms with E-state index >= 15 is 0 Å². The minimum absolute atomic E-state index is 0.0428. The minimum atomic E-state index is -0.371. The number of halogens is 1. The van der Waals surface area contributed by atoms with Gasteiger partial charge >= 0.3 is 11.9 Å². The number of fused-ring (bicyclic) bond motifs is 1. The van der Waals surface area contributed by atoms with Gasteiger partial charge in [-0.15, -0.1) is 0 Å². The number of hydrogen-bond donors (Lipinski definition) is 1. The number of benzene rings is 1. The van der Waals surface area contributed by atoms with E-state index in [1.54, 1.807) is 24.3 Å². The van der Waals surface area contributed by atoms with Crippen LogP contribution < -0.4 is 5.32 Å². The molecule has 1 N–H and O–H groups in total. The molecule has 144 valence electrons. The zero-order valence-corrected chi connectivity index (χ0v) is 16.6. The lowest BCUT2D eigenvalue weighted by Crippen LogP contribution is -2.40. The van der Waals surface area contributed by atoms with Gasteiger partial charge in [0.15, 0.2) is 0 Å². The van der Waals surface area contributed by atoms with E-state index in [4.69, 9.17) is 9.47 Å². The Bertz CT molecular complexity index is 764. The number of nitrogens with one attached hydrogen (secondary N) is 1. The predicted molar refractivity (Wildman–Crippen MR) is 101 cm³/mol. The first-order chi connectivity index (χ1) is 13.0. The Balaban J connectivity index is 1.40. The molecule has 1 heterocycles. The quantitative estimate of drug-likeness (QED) is 0.421. The van der Waals surface area contributed by atoms with E-state index in [9.17, 15) is 14.4 Å².